The standard InChI is InChI=1S/C17H14O2/c1-12(18)19-16-11-14-9-5-6-10-15(14)17(16)13-7-3-2-4-8-13/h2-11,17H,1H3. The van der Waals surface area contributed by atoms with Crippen LogP contribution in [-0.4, -0.2) is 5.97 Å². The molecule has 0 aromatic heterocycles. The molecule has 0 aliphatic heterocycles. The van der Waals surface area contributed by atoms with Gasteiger partial charge >= 0.3 is 5.97 Å². The highest BCUT2D eigenvalue weighted by atomic mass is 16.5. The van der Waals surface area contributed by atoms with Gasteiger partial charge in [-0.2, -0.15) is 0 Å². The molecule has 0 fully saturated rings. The topological polar surface area (TPSA) is 26.3 Å². The fraction of sp³-hybridized carbons (Fsp3) is 0.118. The van der Waals surface area contributed by atoms with Gasteiger partial charge in [0.15, 0.2) is 0 Å². The van der Waals surface area contributed by atoms with E-state index in [-0.39, 0.29) is 11.9 Å². The largest absolute Gasteiger partial charge is 0.430 e. The summed E-state index contributed by atoms with van der Waals surface area (Å²) in [6, 6.07) is 18.2. The van der Waals surface area contributed by atoms with Crippen LogP contribution in [0.25, 0.3) is 6.08 Å². The first-order chi connectivity index (χ1) is 9.25. The molecule has 0 bridgehead atoms. The molecule has 0 spiro atoms. The summed E-state index contributed by atoms with van der Waals surface area (Å²) in [7, 11) is 0. The molecule has 2 heteroatoms. The first-order valence-corrected chi connectivity index (χ1v) is 6.29. The lowest BCUT2D eigenvalue weighted by atomic mass is 9.92. The van der Waals surface area contributed by atoms with Crippen LogP contribution in [0.1, 0.15) is 29.5 Å². The number of hydrogen-bond donors (Lipinski definition) is 0. The van der Waals surface area contributed by atoms with Crippen molar-refractivity contribution in [2.24, 2.45) is 0 Å². The minimum atomic E-state index is -0.278. The molecule has 19 heavy (non-hydrogen) atoms. The summed E-state index contributed by atoms with van der Waals surface area (Å²) < 4.78 is 5.38. The number of carbonyl (C=O) groups excluding carboxylic acids is 1. The van der Waals surface area contributed by atoms with Gasteiger partial charge in [-0.15, -0.1) is 0 Å². The van der Waals surface area contributed by atoms with Crippen molar-refractivity contribution in [1.82, 2.24) is 0 Å². The maximum absolute atomic E-state index is 11.3. The summed E-state index contributed by atoms with van der Waals surface area (Å²) in [6.07, 6.45) is 1.95. The molecule has 1 aliphatic carbocycles. The zero-order chi connectivity index (χ0) is 13.2. The number of carbonyl (C=O) groups is 1. The van der Waals surface area contributed by atoms with Gasteiger partial charge in [0.2, 0.25) is 0 Å². The maximum Gasteiger partial charge on any atom is 0.307 e. The predicted molar refractivity (Wildman–Crippen MR) is 74.5 cm³/mol. The van der Waals surface area contributed by atoms with E-state index in [0.717, 1.165) is 11.1 Å². The Morgan fingerprint density at radius 2 is 1.68 bits per heavy atom. The number of rotatable bonds is 2. The Hall–Kier alpha value is -2.35. The Labute approximate surface area is 112 Å². The molecule has 0 radical (unpaired) electrons. The minimum absolute atomic E-state index is 0.0151. The number of esters is 1. The first kappa shape index (κ1) is 11.7. The second-order valence-corrected chi connectivity index (χ2v) is 4.61. The SMILES string of the molecule is CC(=O)OC1=Cc2ccccc2C1c1ccccc1. The van der Waals surface area contributed by atoms with Gasteiger partial charge in [-0.1, -0.05) is 54.6 Å². The molecule has 0 saturated heterocycles. The Kier molecular flexibility index (Phi) is 2.92. The quantitative estimate of drug-likeness (QED) is 0.759. The average Bonchev–Trinajstić information content (AvgIpc) is 2.76. The molecule has 0 N–H and O–H groups in total. The van der Waals surface area contributed by atoms with Crippen molar-refractivity contribution in [1.29, 1.82) is 0 Å². The molecule has 1 aliphatic rings. The van der Waals surface area contributed by atoms with Crippen LogP contribution >= 0.6 is 0 Å². The summed E-state index contributed by atoms with van der Waals surface area (Å²) >= 11 is 0. The highest BCUT2D eigenvalue weighted by Crippen LogP contribution is 2.41. The molecule has 0 heterocycles. The minimum Gasteiger partial charge on any atom is -0.430 e. The van der Waals surface area contributed by atoms with E-state index in [1.807, 2.05) is 42.5 Å². The predicted octanol–water partition coefficient (Wildman–Crippen LogP) is 3.74. The van der Waals surface area contributed by atoms with E-state index in [0.29, 0.717) is 5.76 Å². The van der Waals surface area contributed by atoms with Gasteiger partial charge in [0, 0.05) is 6.92 Å². The van der Waals surface area contributed by atoms with E-state index < -0.39 is 0 Å². The fourth-order valence-corrected chi connectivity index (χ4v) is 2.54. The Bertz CT molecular complexity index is 641. The molecule has 2 aromatic rings. The van der Waals surface area contributed by atoms with Crippen LogP contribution in [0.2, 0.25) is 0 Å². The lowest BCUT2D eigenvalue weighted by Crippen LogP contribution is -2.07. The molecular formula is C17H14O2. The monoisotopic (exact) mass is 250 g/mol. The molecule has 94 valence electrons. The fourth-order valence-electron chi connectivity index (χ4n) is 2.54. The van der Waals surface area contributed by atoms with Gasteiger partial charge in [0.25, 0.3) is 0 Å². The van der Waals surface area contributed by atoms with Gasteiger partial charge in [-0.05, 0) is 22.8 Å². The molecule has 2 aromatic carbocycles. The number of hydrogen-bond acceptors (Lipinski definition) is 2. The van der Waals surface area contributed by atoms with Crippen LogP contribution in [0.15, 0.2) is 60.4 Å². The van der Waals surface area contributed by atoms with Crippen molar-refractivity contribution in [3.05, 3.63) is 77.0 Å². The van der Waals surface area contributed by atoms with E-state index in [4.69, 9.17) is 4.74 Å². The summed E-state index contributed by atoms with van der Waals surface area (Å²) in [6.45, 7) is 1.44. The number of fused-ring (bicyclic) bond motifs is 1. The Morgan fingerprint density at radius 3 is 2.42 bits per heavy atom. The van der Waals surface area contributed by atoms with Gasteiger partial charge < -0.3 is 4.74 Å². The van der Waals surface area contributed by atoms with Crippen molar-refractivity contribution >= 4 is 12.0 Å². The average molecular weight is 250 g/mol. The smallest absolute Gasteiger partial charge is 0.307 e. The summed E-state index contributed by atoms with van der Waals surface area (Å²) in [5.41, 5.74) is 3.44. The zero-order valence-electron chi connectivity index (χ0n) is 10.7. The molecule has 0 amide bonds. The normalized spacial score (nSPS) is 16.7. The van der Waals surface area contributed by atoms with Crippen molar-refractivity contribution in [3.8, 4) is 0 Å². The summed E-state index contributed by atoms with van der Waals surface area (Å²) in [4.78, 5) is 11.3. The van der Waals surface area contributed by atoms with Crippen molar-refractivity contribution in [3.63, 3.8) is 0 Å². The van der Waals surface area contributed by atoms with Crippen LogP contribution in [0.4, 0.5) is 0 Å². The Morgan fingerprint density at radius 1 is 1.00 bits per heavy atom. The molecule has 1 atom stereocenters. The van der Waals surface area contributed by atoms with E-state index in [1.54, 1.807) is 0 Å². The first-order valence-electron chi connectivity index (χ1n) is 6.29. The van der Waals surface area contributed by atoms with E-state index in [2.05, 4.69) is 18.2 Å². The number of benzene rings is 2. The van der Waals surface area contributed by atoms with Crippen LogP contribution in [-0.2, 0) is 9.53 Å². The highest BCUT2D eigenvalue weighted by Gasteiger charge is 2.28. The highest BCUT2D eigenvalue weighted by molar-refractivity contribution is 5.74. The third-order valence-corrected chi connectivity index (χ3v) is 3.28. The van der Waals surface area contributed by atoms with Crippen LogP contribution < -0.4 is 0 Å². The van der Waals surface area contributed by atoms with E-state index in [1.165, 1.54) is 12.5 Å². The van der Waals surface area contributed by atoms with Gasteiger partial charge in [0.05, 0.1) is 5.92 Å². The molecule has 2 nitrogen and oxygen atoms in total. The van der Waals surface area contributed by atoms with Gasteiger partial charge in [-0.3, -0.25) is 4.79 Å². The molecule has 1 unspecified atom stereocenters. The van der Waals surface area contributed by atoms with E-state index in [9.17, 15) is 4.79 Å². The Balaban J connectivity index is 2.08. The number of ether oxygens (including phenoxy) is 1. The van der Waals surface area contributed by atoms with Crippen LogP contribution in [0, 0.1) is 0 Å². The van der Waals surface area contributed by atoms with E-state index >= 15 is 0 Å². The maximum atomic E-state index is 11.3. The zero-order valence-corrected chi connectivity index (χ0v) is 10.7. The number of allylic oxidation sites excluding steroid dienone is 1. The molecule has 3 rings (SSSR count). The van der Waals surface area contributed by atoms with Crippen molar-refractivity contribution < 1.29 is 9.53 Å². The lowest BCUT2D eigenvalue weighted by Gasteiger charge is -2.16. The third-order valence-electron chi connectivity index (χ3n) is 3.28. The van der Waals surface area contributed by atoms with Gasteiger partial charge in [0.1, 0.15) is 5.76 Å². The van der Waals surface area contributed by atoms with Crippen molar-refractivity contribution in [2.75, 3.05) is 0 Å². The third kappa shape index (κ3) is 2.17. The molecule has 0 saturated carbocycles. The van der Waals surface area contributed by atoms with Crippen LogP contribution in [0.5, 0.6) is 0 Å². The summed E-state index contributed by atoms with van der Waals surface area (Å²) in [5, 5.41) is 0. The second kappa shape index (κ2) is 4.73. The van der Waals surface area contributed by atoms with Crippen LogP contribution in [0.3, 0.4) is 0 Å². The molecular weight excluding hydrogens is 236 g/mol. The lowest BCUT2D eigenvalue weighted by molar-refractivity contribution is -0.137. The summed E-state index contributed by atoms with van der Waals surface area (Å²) in [5.74, 6) is 0.446. The van der Waals surface area contributed by atoms with Crippen molar-refractivity contribution in [2.45, 2.75) is 12.8 Å². The van der Waals surface area contributed by atoms with Gasteiger partial charge in [-0.25, -0.2) is 0 Å². The second-order valence-electron chi connectivity index (χ2n) is 4.61.